The summed E-state index contributed by atoms with van der Waals surface area (Å²) in [5.74, 6) is -2.15. The maximum atomic E-state index is 14.2. The number of rotatable bonds is 11. The number of hydrogen-bond donors (Lipinski definition) is 2. The summed E-state index contributed by atoms with van der Waals surface area (Å²) in [5, 5.41) is 12.3. The molecule has 0 unspecified atom stereocenters. The zero-order valence-corrected chi connectivity index (χ0v) is 28.8. The van der Waals surface area contributed by atoms with E-state index in [2.05, 4.69) is 15.2 Å². The van der Waals surface area contributed by atoms with Gasteiger partial charge in [0.2, 0.25) is 0 Å². The molecule has 8 nitrogen and oxygen atoms in total. The Bertz CT molecular complexity index is 2070. The topological polar surface area (TPSA) is 103 Å². The molecule has 6 rings (SSSR count). The van der Waals surface area contributed by atoms with Gasteiger partial charge in [0.15, 0.2) is 0 Å². The predicted molar refractivity (Wildman–Crippen MR) is 195 cm³/mol. The highest BCUT2D eigenvalue weighted by atomic mass is 32.2. The molecule has 1 fully saturated rings. The standard InChI is InChI=1S/C40H35F3N4O4S/c41-40(42,43)47(25-27-9-3-1-4-10-27)38(49)30-17-18-44-36(23-30)34-24-32(46-19-5-2-6-20-46)15-16-35(34)45-37(48)29-12-7-11-28(21-29)26-52-33-14-8-13-31(22-33)39(50)51/h1,3-4,7-18,21-24H,2,5-6,19-20,25-26H2,(H,45,48)(H,50,51). The summed E-state index contributed by atoms with van der Waals surface area (Å²) < 4.78 is 42.6. The van der Waals surface area contributed by atoms with Gasteiger partial charge in [-0.15, -0.1) is 24.9 Å². The molecule has 1 aliphatic heterocycles. The van der Waals surface area contributed by atoms with E-state index in [9.17, 15) is 32.7 Å². The minimum absolute atomic E-state index is 0.123. The van der Waals surface area contributed by atoms with E-state index in [1.165, 1.54) is 48.3 Å². The number of amides is 2. The van der Waals surface area contributed by atoms with Crippen molar-refractivity contribution in [1.29, 1.82) is 0 Å². The van der Waals surface area contributed by atoms with Gasteiger partial charge in [0.1, 0.15) is 0 Å². The molecule has 0 saturated carbocycles. The fraction of sp³-hybridized carbons (Fsp3) is 0.200. The predicted octanol–water partition coefficient (Wildman–Crippen LogP) is 9.14. The van der Waals surface area contributed by atoms with Gasteiger partial charge in [0, 0.05) is 52.3 Å². The van der Waals surface area contributed by atoms with E-state index in [4.69, 9.17) is 0 Å². The largest absolute Gasteiger partial charge is 0.487 e. The number of anilines is 2. The summed E-state index contributed by atoms with van der Waals surface area (Å²) in [5.41, 5.74) is 3.49. The molecular formula is C40H35F3N4O4S. The summed E-state index contributed by atoms with van der Waals surface area (Å²) in [4.78, 5) is 45.8. The van der Waals surface area contributed by atoms with Crippen LogP contribution in [-0.4, -0.2) is 52.2 Å². The molecule has 12 heteroatoms. The number of halogens is 3. The van der Waals surface area contributed by atoms with Gasteiger partial charge in [0.05, 0.1) is 23.5 Å². The zero-order valence-electron chi connectivity index (χ0n) is 28.0. The Labute approximate surface area is 303 Å². The Balaban J connectivity index is 1.28. The molecule has 1 aromatic heterocycles. The lowest BCUT2D eigenvalue weighted by Gasteiger charge is -2.29. The minimum Gasteiger partial charge on any atom is -0.478 e. The maximum Gasteiger partial charge on any atom is 0.487 e. The molecule has 0 bridgehead atoms. The van der Waals surface area contributed by atoms with E-state index in [1.807, 2.05) is 24.3 Å². The molecule has 1 aliphatic rings. The quantitative estimate of drug-likeness (QED) is 0.104. The van der Waals surface area contributed by atoms with E-state index in [0.717, 1.165) is 48.5 Å². The van der Waals surface area contributed by atoms with Crippen molar-refractivity contribution in [2.45, 2.75) is 42.8 Å². The van der Waals surface area contributed by atoms with E-state index >= 15 is 0 Å². The van der Waals surface area contributed by atoms with Crippen LogP contribution in [0.3, 0.4) is 0 Å². The van der Waals surface area contributed by atoms with Crippen LogP contribution in [0.25, 0.3) is 11.3 Å². The normalized spacial score (nSPS) is 13.0. The van der Waals surface area contributed by atoms with Crippen molar-refractivity contribution in [2.75, 3.05) is 23.3 Å². The lowest BCUT2D eigenvalue weighted by atomic mass is 10.0. The Kier molecular flexibility index (Phi) is 11.2. The number of hydrogen-bond acceptors (Lipinski definition) is 6. The fourth-order valence-corrected chi connectivity index (χ4v) is 6.89. The first kappa shape index (κ1) is 36.2. The van der Waals surface area contributed by atoms with Crippen molar-refractivity contribution in [1.82, 2.24) is 9.88 Å². The number of aromatic carboxylic acids is 1. The average molecular weight is 725 g/mol. The van der Waals surface area contributed by atoms with Gasteiger partial charge in [-0.25, -0.2) is 9.69 Å². The van der Waals surface area contributed by atoms with Crippen LogP contribution in [0, 0.1) is 0 Å². The first-order chi connectivity index (χ1) is 25.0. The number of alkyl halides is 3. The third-order valence-electron chi connectivity index (χ3n) is 8.67. The van der Waals surface area contributed by atoms with Crippen LogP contribution in [0.15, 0.2) is 120 Å². The average Bonchev–Trinajstić information content (AvgIpc) is 3.16. The van der Waals surface area contributed by atoms with Gasteiger partial charge >= 0.3 is 12.3 Å². The van der Waals surface area contributed by atoms with Crippen LogP contribution in [0.5, 0.6) is 0 Å². The fourth-order valence-electron chi connectivity index (χ4n) is 5.99. The summed E-state index contributed by atoms with van der Waals surface area (Å²) in [7, 11) is 0. The zero-order chi connectivity index (χ0) is 36.7. The van der Waals surface area contributed by atoms with Gasteiger partial charge in [-0.1, -0.05) is 48.5 Å². The summed E-state index contributed by atoms with van der Waals surface area (Å²) >= 11 is 1.44. The van der Waals surface area contributed by atoms with Crippen LogP contribution in [0.1, 0.15) is 61.5 Å². The van der Waals surface area contributed by atoms with E-state index in [-0.39, 0.29) is 21.7 Å². The maximum absolute atomic E-state index is 14.2. The highest BCUT2D eigenvalue weighted by Gasteiger charge is 2.41. The molecule has 2 heterocycles. The van der Waals surface area contributed by atoms with Crippen molar-refractivity contribution in [3.8, 4) is 11.3 Å². The molecule has 0 atom stereocenters. The Hall–Kier alpha value is -5.62. The van der Waals surface area contributed by atoms with Gasteiger partial charge in [0.25, 0.3) is 11.8 Å². The second kappa shape index (κ2) is 16.2. The third kappa shape index (κ3) is 8.99. The number of nitrogens with zero attached hydrogens (tertiary/aromatic N) is 3. The molecule has 0 spiro atoms. The summed E-state index contributed by atoms with van der Waals surface area (Å²) in [6.45, 7) is 1.02. The van der Waals surface area contributed by atoms with Crippen LogP contribution in [0.2, 0.25) is 0 Å². The molecule has 0 radical (unpaired) electrons. The lowest BCUT2D eigenvalue weighted by Crippen LogP contribution is -2.42. The highest BCUT2D eigenvalue weighted by molar-refractivity contribution is 7.98. The van der Waals surface area contributed by atoms with Crippen molar-refractivity contribution < 1.29 is 32.7 Å². The van der Waals surface area contributed by atoms with Crippen molar-refractivity contribution >= 4 is 40.9 Å². The van der Waals surface area contributed by atoms with Crippen molar-refractivity contribution in [2.24, 2.45) is 0 Å². The second-order valence-electron chi connectivity index (χ2n) is 12.3. The molecular weight excluding hydrogens is 690 g/mol. The molecule has 52 heavy (non-hydrogen) atoms. The lowest BCUT2D eigenvalue weighted by molar-refractivity contribution is -0.227. The van der Waals surface area contributed by atoms with Gasteiger partial charge in [-0.3, -0.25) is 14.6 Å². The number of benzene rings is 4. The van der Waals surface area contributed by atoms with E-state index in [0.29, 0.717) is 28.1 Å². The van der Waals surface area contributed by atoms with Gasteiger partial charge in [-0.2, -0.15) is 0 Å². The SMILES string of the molecule is O=C(O)c1cccc(SCc2cccc(C(=O)Nc3ccc(N4CCCCC4)cc3-c3cc(C(=O)N(Cc4ccccc4)C(F)(F)F)ccn3)c2)c1. The molecule has 4 aromatic carbocycles. The number of carboxylic acids is 1. The van der Waals surface area contributed by atoms with Crippen molar-refractivity contribution in [3.05, 3.63) is 143 Å². The first-order valence-electron chi connectivity index (χ1n) is 16.7. The van der Waals surface area contributed by atoms with Gasteiger partial charge < -0.3 is 15.3 Å². The Morgan fingerprint density at radius 1 is 0.788 bits per heavy atom. The number of carbonyl (C=O) groups excluding carboxylic acids is 2. The van der Waals surface area contributed by atoms with E-state index in [1.54, 1.807) is 54.6 Å². The molecule has 2 amide bonds. The highest BCUT2D eigenvalue weighted by Crippen LogP contribution is 2.34. The number of aromatic nitrogens is 1. The minimum atomic E-state index is -4.93. The number of carbonyl (C=O) groups is 3. The van der Waals surface area contributed by atoms with Crippen LogP contribution < -0.4 is 10.2 Å². The summed E-state index contributed by atoms with van der Waals surface area (Å²) in [6, 6.07) is 29.7. The number of thioether (sulfide) groups is 1. The van der Waals surface area contributed by atoms with Crippen LogP contribution >= 0.6 is 11.8 Å². The Morgan fingerprint density at radius 2 is 1.52 bits per heavy atom. The molecule has 266 valence electrons. The Morgan fingerprint density at radius 3 is 2.27 bits per heavy atom. The number of carboxylic acid groups (broad SMARTS) is 1. The molecule has 2 N–H and O–H groups in total. The van der Waals surface area contributed by atoms with Crippen LogP contribution in [-0.2, 0) is 12.3 Å². The van der Waals surface area contributed by atoms with E-state index < -0.39 is 30.6 Å². The monoisotopic (exact) mass is 724 g/mol. The molecule has 0 aliphatic carbocycles. The number of pyridine rings is 1. The number of piperidine rings is 1. The molecule has 1 saturated heterocycles. The first-order valence-corrected chi connectivity index (χ1v) is 17.7. The van der Waals surface area contributed by atoms with Gasteiger partial charge in [-0.05, 0) is 91.1 Å². The van der Waals surface area contributed by atoms with Crippen molar-refractivity contribution in [3.63, 3.8) is 0 Å². The second-order valence-corrected chi connectivity index (χ2v) is 13.4. The smallest absolute Gasteiger partial charge is 0.478 e. The summed E-state index contributed by atoms with van der Waals surface area (Å²) in [6.07, 6.45) is -0.478. The third-order valence-corrected chi connectivity index (χ3v) is 9.73. The number of nitrogens with one attached hydrogen (secondary N) is 1. The molecule has 5 aromatic rings. The van der Waals surface area contributed by atoms with Crippen LogP contribution in [0.4, 0.5) is 24.5 Å².